The Balaban J connectivity index is 1.75. The summed E-state index contributed by atoms with van der Waals surface area (Å²) in [4.78, 5) is 0. The van der Waals surface area contributed by atoms with Gasteiger partial charge in [-0.2, -0.15) is 5.10 Å². The molecular formula is C21H17N3O. The lowest BCUT2D eigenvalue weighted by atomic mass is 9.76. The number of hydrogen-bond acceptors (Lipinski definition) is 4. The average Bonchev–Trinajstić information content (AvgIpc) is 3.19. The Morgan fingerprint density at radius 2 is 1.84 bits per heavy atom. The van der Waals surface area contributed by atoms with Crippen molar-refractivity contribution in [3.63, 3.8) is 0 Å². The predicted molar refractivity (Wildman–Crippen MR) is 99.4 cm³/mol. The highest BCUT2D eigenvalue weighted by atomic mass is 16.3. The fourth-order valence-corrected chi connectivity index (χ4v) is 3.82. The topological polar surface area (TPSA) is 49.6 Å². The second-order valence-corrected chi connectivity index (χ2v) is 6.38. The van der Waals surface area contributed by atoms with E-state index < -0.39 is 0 Å². The molecular weight excluding hydrogens is 310 g/mol. The molecule has 4 heteroatoms. The van der Waals surface area contributed by atoms with E-state index in [0.717, 1.165) is 33.8 Å². The van der Waals surface area contributed by atoms with Gasteiger partial charge in [0.05, 0.1) is 35.9 Å². The maximum Gasteiger partial charge on any atom is 0.0942 e. The van der Waals surface area contributed by atoms with Crippen molar-refractivity contribution in [3.8, 4) is 0 Å². The van der Waals surface area contributed by atoms with Gasteiger partial charge in [-0.15, -0.1) is 0 Å². The van der Waals surface area contributed by atoms with Crippen molar-refractivity contribution in [2.24, 2.45) is 5.10 Å². The Labute approximate surface area is 145 Å². The molecule has 0 spiro atoms. The van der Waals surface area contributed by atoms with Crippen LogP contribution in [0, 0.1) is 0 Å². The van der Waals surface area contributed by atoms with Gasteiger partial charge in [-0.05, 0) is 17.7 Å². The lowest BCUT2D eigenvalue weighted by Crippen LogP contribution is -2.36. The number of benzene rings is 2. The van der Waals surface area contributed by atoms with Crippen molar-refractivity contribution >= 4 is 17.1 Å². The maximum atomic E-state index is 5.38. The van der Waals surface area contributed by atoms with Crippen LogP contribution in [0.4, 0.5) is 5.69 Å². The van der Waals surface area contributed by atoms with E-state index in [0.29, 0.717) is 0 Å². The van der Waals surface area contributed by atoms with E-state index in [1.54, 1.807) is 6.26 Å². The van der Waals surface area contributed by atoms with Crippen LogP contribution in [0.15, 0.2) is 83.2 Å². The molecule has 122 valence electrons. The second-order valence-electron chi connectivity index (χ2n) is 6.38. The third-order valence-corrected chi connectivity index (χ3v) is 4.96. The molecule has 1 aromatic heterocycles. The molecule has 5 rings (SSSR count). The highest BCUT2D eigenvalue weighted by molar-refractivity contribution is 6.15. The van der Waals surface area contributed by atoms with Crippen LogP contribution < -0.4 is 10.7 Å². The summed E-state index contributed by atoms with van der Waals surface area (Å²) in [5.41, 5.74) is 10.6. The summed E-state index contributed by atoms with van der Waals surface area (Å²) in [7, 11) is 0. The van der Waals surface area contributed by atoms with Crippen LogP contribution in [0.2, 0.25) is 0 Å². The summed E-state index contributed by atoms with van der Waals surface area (Å²) in [5.74, 6) is 0.0513. The highest BCUT2D eigenvalue weighted by Gasteiger charge is 2.39. The third-order valence-electron chi connectivity index (χ3n) is 4.96. The van der Waals surface area contributed by atoms with Crippen LogP contribution in [0.5, 0.6) is 0 Å². The highest BCUT2D eigenvalue weighted by Crippen LogP contribution is 2.45. The van der Waals surface area contributed by atoms with E-state index in [2.05, 4.69) is 64.9 Å². The van der Waals surface area contributed by atoms with Gasteiger partial charge < -0.3 is 9.73 Å². The minimum atomic E-state index is 0.0513. The third kappa shape index (κ3) is 2.11. The van der Waals surface area contributed by atoms with Gasteiger partial charge in [0.15, 0.2) is 0 Å². The number of nitrogens with zero attached hydrogens (tertiary/aromatic N) is 1. The van der Waals surface area contributed by atoms with Crippen LogP contribution in [0.3, 0.4) is 0 Å². The van der Waals surface area contributed by atoms with E-state index in [4.69, 9.17) is 4.42 Å². The number of hydrazone groups is 1. The van der Waals surface area contributed by atoms with E-state index in [1.165, 1.54) is 5.56 Å². The largest absolute Gasteiger partial charge is 0.472 e. The summed E-state index contributed by atoms with van der Waals surface area (Å²) in [6.07, 6.45) is 3.52. The molecule has 0 saturated heterocycles. The molecule has 2 unspecified atom stereocenters. The first-order valence-electron chi connectivity index (χ1n) is 8.33. The average molecular weight is 327 g/mol. The Morgan fingerprint density at radius 3 is 2.64 bits per heavy atom. The van der Waals surface area contributed by atoms with E-state index >= 15 is 0 Å². The van der Waals surface area contributed by atoms with E-state index in [9.17, 15) is 0 Å². The number of hydrogen-bond donors (Lipinski definition) is 2. The fraction of sp³-hybridized carbons (Fsp3) is 0.0952. The molecule has 0 fully saturated rings. The lowest BCUT2D eigenvalue weighted by Gasteiger charge is -2.38. The summed E-state index contributed by atoms with van der Waals surface area (Å²) in [6, 6.07) is 18.8. The number of anilines is 1. The van der Waals surface area contributed by atoms with Gasteiger partial charge in [-0.3, -0.25) is 5.43 Å². The SMILES string of the molecule is C=C1NN=C2c3c(cccc31)NC(c1ccccc1)C2c1ccoc1. The molecule has 3 aromatic rings. The molecule has 0 saturated carbocycles. The monoisotopic (exact) mass is 327 g/mol. The molecule has 3 heterocycles. The van der Waals surface area contributed by atoms with Crippen LogP contribution >= 0.6 is 0 Å². The number of rotatable bonds is 2. The molecule has 0 radical (unpaired) electrons. The van der Waals surface area contributed by atoms with E-state index in [1.807, 2.05) is 18.4 Å². The molecule has 0 amide bonds. The van der Waals surface area contributed by atoms with Crippen LogP contribution in [-0.2, 0) is 0 Å². The van der Waals surface area contributed by atoms with Crippen molar-refractivity contribution in [2.75, 3.05) is 5.32 Å². The molecule has 2 aliphatic heterocycles. The van der Waals surface area contributed by atoms with Crippen LogP contribution in [-0.4, -0.2) is 5.71 Å². The minimum absolute atomic E-state index is 0.0513. The van der Waals surface area contributed by atoms with Gasteiger partial charge in [0.1, 0.15) is 0 Å². The van der Waals surface area contributed by atoms with E-state index in [-0.39, 0.29) is 12.0 Å². The Morgan fingerprint density at radius 1 is 0.960 bits per heavy atom. The normalized spacial score (nSPS) is 21.0. The first kappa shape index (κ1) is 14.1. The van der Waals surface area contributed by atoms with Crippen molar-refractivity contribution in [3.05, 3.63) is 96.0 Å². The number of nitrogens with one attached hydrogen (secondary N) is 2. The van der Waals surface area contributed by atoms with Gasteiger partial charge in [-0.1, -0.05) is 49.0 Å². The zero-order valence-corrected chi connectivity index (χ0v) is 13.6. The lowest BCUT2D eigenvalue weighted by molar-refractivity contribution is 0.559. The first-order chi connectivity index (χ1) is 12.3. The molecule has 2 aliphatic rings. The molecule has 2 aromatic carbocycles. The quantitative estimate of drug-likeness (QED) is 0.728. The smallest absolute Gasteiger partial charge is 0.0942 e. The standard InChI is InChI=1S/C21H17N3O/c1-13-16-8-5-9-17-19(16)21(24-23-13)18(15-10-11-25-12-15)20(22-17)14-6-3-2-4-7-14/h2-12,18,20,22-23H,1H2. The summed E-state index contributed by atoms with van der Waals surface area (Å²) in [5, 5.41) is 8.40. The first-order valence-corrected chi connectivity index (χ1v) is 8.33. The Bertz CT molecular complexity index is 974. The number of furan rings is 1. The van der Waals surface area contributed by atoms with Crippen molar-refractivity contribution in [1.82, 2.24) is 5.43 Å². The minimum Gasteiger partial charge on any atom is -0.472 e. The molecule has 4 nitrogen and oxygen atoms in total. The molecule has 0 bridgehead atoms. The van der Waals surface area contributed by atoms with Crippen molar-refractivity contribution in [2.45, 2.75) is 12.0 Å². The van der Waals surface area contributed by atoms with Crippen LogP contribution in [0.1, 0.15) is 34.2 Å². The summed E-state index contributed by atoms with van der Waals surface area (Å²) < 4.78 is 5.38. The zero-order valence-electron chi connectivity index (χ0n) is 13.6. The van der Waals surface area contributed by atoms with Crippen molar-refractivity contribution < 1.29 is 4.42 Å². The molecule has 25 heavy (non-hydrogen) atoms. The maximum absolute atomic E-state index is 5.38. The fourth-order valence-electron chi connectivity index (χ4n) is 3.82. The Hall–Kier alpha value is -3.27. The van der Waals surface area contributed by atoms with Gasteiger partial charge in [0.25, 0.3) is 0 Å². The predicted octanol–water partition coefficient (Wildman–Crippen LogP) is 4.51. The van der Waals surface area contributed by atoms with Crippen molar-refractivity contribution in [1.29, 1.82) is 0 Å². The van der Waals surface area contributed by atoms with Gasteiger partial charge in [-0.25, -0.2) is 0 Å². The second kappa shape index (κ2) is 5.38. The molecule has 2 atom stereocenters. The summed E-state index contributed by atoms with van der Waals surface area (Å²) in [6.45, 7) is 4.09. The van der Waals surface area contributed by atoms with Crippen LogP contribution in [0.25, 0.3) is 5.70 Å². The molecule has 0 aliphatic carbocycles. The van der Waals surface area contributed by atoms with Gasteiger partial charge >= 0.3 is 0 Å². The zero-order chi connectivity index (χ0) is 16.8. The summed E-state index contributed by atoms with van der Waals surface area (Å²) >= 11 is 0. The molecule has 2 N–H and O–H groups in total. The Kier molecular flexibility index (Phi) is 3.04. The van der Waals surface area contributed by atoms with Gasteiger partial charge in [0.2, 0.25) is 0 Å². The van der Waals surface area contributed by atoms with Gasteiger partial charge in [0, 0.05) is 22.4 Å².